The highest BCUT2D eigenvalue weighted by Crippen LogP contribution is 2.34. The molecule has 2 rings (SSSR count). The van der Waals surface area contributed by atoms with Gasteiger partial charge in [0.25, 0.3) is 5.91 Å². The van der Waals surface area contributed by atoms with E-state index in [1.807, 2.05) is 24.3 Å². The maximum atomic E-state index is 12.0. The summed E-state index contributed by atoms with van der Waals surface area (Å²) < 4.78 is 5.67. The van der Waals surface area contributed by atoms with Crippen LogP contribution >= 0.6 is 34.5 Å². The second-order valence-electron chi connectivity index (χ2n) is 4.10. The van der Waals surface area contributed by atoms with Gasteiger partial charge < -0.3 is 10.1 Å². The number of nitrogens with one attached hydrogen (secondary N) is 1. The largest absolute Gasteiger partial charge is 0.459 e. The molecule has 0 atom stereocenters. The Kier molecular flexibility index (Phi) is 5.22. The fourth-order valence-electron chi connectivity index (χ4n) is 1.60. The van der Waals surface area contributed by atoms with E-state index in [-0.39, 0.29) is 18.2 Å². The number of amides is 1. The molecule has 0 fully saturated rings. The Morgan fingerprint density at radius 3 is 2.71 bits per heavy atom. The van der Waals surface area contributed by atoms with Gasteiger partial charge in [0.15, 0.2) is 0 Å². The van der Waals surface area contributed by atoms with Gasteiger partial charge in [0, 0.05) is 15.1 Å². The summed E-state index contributed by atoms with van der Waals surface area (Å²) in [6, 6.07) is 7.43. The highest BCUT2D eigenvalue weighted by molar-refractivity contribution is 7.21. The first-order valence-corrected chi connectivity index (χ1v) is 7.50. The number of esters is 1. The molecular formula is C14H11Cl2NO3S. The molecule has 1 aromatic heterocycles. The van der Waals surface area contributed by atoms with Gasteiger partial charge >= 0.3 is 5.97 Å². The number of halogens is 2. The Morgan fingerprint density at radius 1 is 1.33 bits per heavy atom. The molecule has 7 heteroatoms. The summed E-state index contributed by atoms with van der Waals surface area (Å²) in [5.41, 5.74) is 0. The normalized spacial score (nSPS) is 10.4. The van der Waals surface area contributed by atoms with Crippen molar-refractivity contribution in [2.45, 2.75) is 0 Å². The van der Waals surface area contributed by atoms with Crippen LogP contribution in [0.3, 0.4) is 0 Å². The van der Waals surface area contributed by atoms with Gasteiger partial charge in [0.2, 0.25) is 0 Å². The average Bonchev–Trinajstić information content (AvgIpc) is 2.80. The van der Waals surface area contributed by atoms with Crippen LogP contribution in [0.5, 0.6) is 0 Å². The van der Waals surface area contributed by atoms with E-state index < -0.39 is 11.9 Å². The molecule has 0 radical (unpaired) electrons. The number of ether oxygens (including phenoxy) is 1. The Balaban J connectivity index is 2.01. The van der Waals surface area contributed by atoms with E-state index in [1.165, 1.54) is 11.3 Å². The van der Waals surface area contributed by atoms with Crippen LogP contribution in [-0.2, 0) is 9.53 Å². The van der Waals surface area contributed by atoms with Crippen molar-refractivity contribution in [3.63, 3.8) is 0 Å². The molecule has 0 bridgehead atoms. The van der Waals surface area contributed by atoms with Crippen LogP contribution in [0.1, 0.15) is 9.67 Å². The number of rotatable bonds is 5. The van der Waals surface area contributed by atoms with Crippen molar-refractivity contribution in [2.75, 3.05) is 13.2 Å². The molecule has 2 aromatic rings. The molecule has 1 amide bonds. The SMILES string of the molecule is C=C(Cl)COC(=O)CNC(=O)c1sc2ccccc2c1Cl. The van der Waals surface area contributed by atoms with E-state index >= 15 is 0 Å². The molecule has 1 heterocycles. The Labute approximate surface area is 135 Å². The summed E-state index contributed by atoms with van der Waals surface area (Å²) in [7, 11) is 0. The Bertz CT molecular complexity index is 711. The van der Waals surface area contributed by atoms with Crippen LogP contribution in [0.4, 0.5) is 0 Å². The van der Waals surface area contributed by atoms with Crippen LogP contribution in [0.2, 0.25) is 5.02 Å². The van der Waals surface area contributed by atoms with Crippen molar-refractivity contribution in [1.82, 2.24) is 5.32 Å². The van der Waals surface area contributed by atoms with E-state index in [0.29, 0.717) is 9.90 Å². The summed E-state index contributed by atoms with van der Waals surface area (Å²) in [6.07, 6.45) is 0. The first-order valence-electron chi connectivity index (χ1n) is 5.93. The number of hydrogen-bond donors (Lipinski definition) is 1. The van der Waals surface area contributed by atoms with Crippen molar-refractivity contribution >= 4 is 56.5 Å². The minimum atomic E-state index is -0.595. The first-order chi connectivity index (χ1) is 9.99. The zero-order valence-corrected chi connectivity index (χ0v) is 13.1. The van der Waals surface area contributed by atoms with E-state index in [0.717, 1.165) is 10.1 Å². The third-order valence-electron chi connectivity index (χ3n) is 2.52. The maximum absolute atomic E-state index is 12.0. The molecule has 0 aliphatic carbocycles. The minimum absolute atomic E-state index is 0.0834. The smallest absolute Gasteiger partial charge is 0.325 e. The summed E-state index contributed by atoms with van der Waals surface area (Å²) in [6.45, 7) is 3.05. The number of hydrogen-bond acceptors (Lipinski definition) is 4. The third-order valence-corrected chi connectivity index (χ3v) is 4.31. The molecule has 0 saturated heterocycles. The van der Waals surface area contributed by atoms with Gasteiger partial charge in [-0.3, -0.25) is 9.59 Å². The maximum Gasteiger partial charge on any atom is 0.325 e. The molecule has 1 aromatic carbocycles. The monoisotopic (exact) mass is 343 g/mol. The Morgan fingerprint density at radius 2 is 2.05 bits per heavy atom. The van der Waals surface area contributed by atoms with Crippen molar-refractivity contribution in [1.29, 1.82) is 0 Å². The lowest BCUT2D eigenvalue weighted by Gasteiger charge is -2.05. The zero-order chi connectivity index (χ0) is 15.4. The second-order valence-corrected chi connectivity index (χ2v) is 6.07. The van der Waals surface area contributed by atoms with E-state index in [4.69, 9.17) is 27.9 Å². The molecule has 0 aliphatic rings. The van der Waals surface area contributed by atoms with Gasteiger partial charge in [-0.15, -0.1) is 11.3 Å². The van der Waals surface area contributed by atoms with Gasteiger partial charge in [-0.25, -0.2) is 0 Å². The molecule has 0 saturated carbocycles. The molecule has 4 nitrogen and oxygen atoms in total. The molecule has 1 N–H and O–H groups in total. The lowest BCUT2D eigenvalue weighted by atomic mass is 10.2. The molecular weight excluding hydrogens is 333 g/mol. The molecule has 110 valence electrons. The minimum Gasteiger partial charge on any atom is -0.459 e. The molecule has 0 spiro atoms. The first kappa shape index (κ1) is 15.8. The fraction of sp³-hybridized carbons (Fsp3) is 0.143. The zero-order valence-electron chi connectivity index (χ0n) is 10.8. The van der Waals surface area contributed by atoms with E-state index in [1.54, 1.807) is 0 Å². The number of carbonyl (C=O) groups excluding carboxylic acids is 2. The second kappa shape index (κ2) is 6.93. The number of fused-ring (bicyclic) bond motifs is 1. The van der Waals surface area contributed by atoms with Crippen LogP contribution < -0.4 is 5.32 Å². The van der Waals surface area contributed by atoms with Crippen LogP contribution in [0, 0.1) is 0 Å². The van der Waals surface area contributed by atoms with Crippen molar-refractivity contribution in [2.24, 2.45) is 0 Å². The number of carbonyl (C=O) groups is 2. The van der Waals surface area contributed by atoms with Gasteiger partial charge in [0.1, 0.15) is 18.0 Å². The molecule has 0 aliphatic heterocycles. The Hall–Kier alpha value is -1.56. The average molecular weight is 344 g/mol. The van der Waals surface area contributed by atoms with Gasteiger partial charge in [0.05, 0.1) is 5.02 Å². The van der Waals surface area contributed by atoms with Crippen molar-refractivity contribution in [3.8, 4) is 0 Å². The molecule has 0 unspecified atom stereocenters. The topological polar surface area (TPSA) is 55.4 Å². The number of thiophene rings is 1. The predicted octanol–water partition coefficient (Wildman–Crippen LogP) is 3.58. The van der Waals surface area contributed by atoms with Crippen LogP contribution in [0.15, 0.2) is 35.9 Å². The summed E-state index contributed by atoms with van der Waals surface area (Å²) in [4.78, 5) is 23.8. The standard InChI is InChI=1S/C14H11Cl2NO3S/c1-8(15)7-20-11(18)6-17-14(19)13-12(16)9-4-2-3-5-10(9)21-13/h2-5H,1,6-7H2,(H,17,19). The molecule has 21 heavy (non-hydrogen) atoms. The van der Waals surface area contributed by atoms with Crippen LogP contribution in [0.25, 0.3) is 10.1 Å². The summed E-state index contributed by atoms with van der Waals surface area (Å²) in [5.74, 6) is -1.01. The van der Waals surface area contributed by atoms with Crippen molar-refractivity contribution < 1.29 is 14.3 Å². The van der Waals surface area contributed by atoms with Gasteiger partial charge in [-0.1, -0.05) is 48.0 Å². The van der Waals surface area contributed by atoms with E-state index in [9.17, 15) is 9.59 Å². The summed E-state index contributed by atoms with van der Waals surface area (Å²) in [5, 5.41) is 3.87. The van der Waals surface area contributed by atoms with Crippen molar-refractivity contribution in [3.05, 3.63) is 45.8 Å². The quantitative estimate of drug-likeness (QED) is 0.844. The highest BCUT2D eigenvalue weighted by Gasteiger charge is 2.17. The predicted molar refractivity (Wildman–Crippen MR) is 85.1 cm³/mol. The van der Waals surface area contributed by atoms with Gasteiger partial charge in [-0.2, -0.15) is 0 Å². The lowest BCUT2D eigenvalue weighted by molar-refractivity contribution is -0.141. The lowest BCUT2D eigenvalue weighted by Crippen LogP contribution is -2.30. The van der Waals surface area contributed by atoms with Gasteiger partial charge in [-0.05, 0) is 6.07 Å². The van der Waals surface area contributed by atoms with E-state index in [2.05, 4.69) is 11.9 Å². The highest BCUT2D eigenvalue weighted by atomic mass is 35.5. The third kappa shape index (κ3) is 3.97. The number of benzene rings is 1. The summed E-state index contributed by atoms with van der Waals surface area (Å²) >= 11 is 12.9. The van der Waals surface area contributed by atoms with Crippen LogP contribution in [-0.4, -0.2) is 25.0 Å². The fourth-order valence-corrected chi connectivity index (χ4v) is 3.09.